The van der Waals surface area contributed by atoms with Gasteiger partial charge < -0.3 is 11.1 Å². The number of rotatable bonds is 8. The molecule has 0 bridgehead atoms. The molecule has 1 atom stereocenters. The van der Waals surface area contributed by atoms with E-state index in [2.05, 4.69) is 32.0 Å². The Morgan fingerprint density at radius 1 is 1.47 bits per heavy atom. The summed E-state index contributed by atoms with van der Waals surface area (Å²) in [5, 5.41) is 2.88. The molecular formula is C14H26N2O. The molecule has 0 aromatic rings. The summed E-state index contributed by atoms with van der Waals surface area (Å²) in [5.41, 5.74) is 5.66. The van der Waals surface area contributed by atoms with Crippen LogP contribution in [0.25, 0.3) is 0 Å². The minimum absolute atomic E-state index is 0.0477. The second-order valence-corrected chi connectivity index (χ2v) is 5.28. The van der Waals surface area contributed by atoms with E-state index < -0.39 is 0 Å². The van der Waals surface area contributed by atoms with Gasteiger partial charge in [-0.05, 0) is 31.2 Å². The Balaban J connectivity index is 3.98. The summed E-state index contributed by atoms with van der Waals surface area (Å²) >= 11 is 0. The molecule has 17 heavy (non-hydrogen) atoms. The van der Waals surface area contributed by atoms with Gasteiger partial charge in [-0.2, -0.15) is 0 Å². The number of nitrogens with two attached hydrogens (primary N) is 1. The summed E-state index contributed by atoms with van der Waals surface area (Å²) in [6.45, 7) is 6.99. The maximum Gasteiger partial charge on any atom is 0.220 e. The minimum atomic E-state index is -0.120. The SMILES string of the molecule is C#CC(CCC)NC(=O)CCC(C)(C)CCN. The standard InChI is InChI=1S/C14H26N2O/c1-5-7-12(6-2)16-13(17)8-9-14(3,4)10-11-15/h2,12H,5,7-11,15H2,1,3-4H3,(H,16,17). The maximum atomic E-state index is 11.7. The molecular weight excluding hydrogens is 212 g/mol. The minimum Gasteiger partial charge on any atom is -0.342 e. The van der Waals surface area contributed by atoms with Crippen molar-refractivity contribution >= 4 is 5.91 Å². The van der Waals surface area contributed by atoms with Crippen molar-refractivity contribution < 1.29 is 4.79 Å². The summed E-state index contributed by atoms with van der Waals surface area (Å²) in [4.78, 5) is 11.7. The van der Waals surface area contributed by atoms with Gasteiger partial charge in [-0.3, -0.25) is 4.79 Å². The van der Waals surface area contributed by atoms with Crippen LogP contribution in [-0.2, 0) is 4.79 Å². The van der Waals surface area contributed by atoms with Crippen molar-refractivity contribution in [2.45, 2.75) is 58.9 Å². The van der Waals surface area contributed by atoms with Crippen molar-refractivity contribution in [1.82, 2.24) is 5.32 Å². The van der Waals surface area contributed by atoms with E-state index in [0.29, 0.717) is 13.0 Å². The molecule has 1 unspecified atom stereocenters. The van der Waals surface area contributed by atoms with Crippen LogP contribution in [0.4, 0.5) is 0 Å². The zero-order chi connectivity index (χ0) is 13.3. The molecule has 98 valence electrons. The number of carbonyl (C=O) groups is 1. The van der Waals surface area contributed by atoms with Crippen LogP contribution in [0.2, 0.25) is 0 Å². The van der Waals surface area contributed by atoms with Crippen molar-refractivity contribution in [3.05, 3.63) is 0 Å². The summed E-state index contributed by atoms with van der Waals surface area (Å²) in [6, 6.07) is -0.120. The summed E-state index contributed by atoms with van der Waals surface area (Å²) in [5.74, 6) is 2.65. The topological polar surface area (TPSA) is 55.1 Å². The van der Waals surface area contributed by atoms with Crippen molar-refractivity contribution in [3.8, 4) is 12.3 Å². The molecule has 0 spiro atoms. The highest BCUT2D eigenvalue weighted by Gasteiger charge is 2.18. The molecule has 0 saturated carbocycles. The summed E-state index contributed by atoms with van der Waals surface area (Å²) in [7, 11) is 0. The Labute approximate surface area is 106 Å². The van der Waals surface area contributed by atoms with E-state index in [4.69, 9.17) is 12.2 Å². The van der Waals surface area contributed by atoms with Crippen molar-refractivity contribution in [2.75, 3.05) is 6.54 Å². The van der Waals surface area contributed by atoms with Gasteiger partial charge in [-0.15, -0.1) is 6.42 Å². The van der Waals surface area contributed by atoms with Crippen molar-refractivity contribution in [2.24, 2.45) is 11.1 Å². The molecule has 0 aromatic heterocycles. The average molecular weight is 238 g/mol. The molecule has 0 aliphatic carbocycles. The van der Waals surface area contributed by atoms with E-state index in [1.54, 1.807) is 0 Å². The van der Waals surface area contributed by atoms with Crippen molar-refractivity contribution in [3.63, 3.8) is 0 Å². The number of nitrogens with one attached hydrogen (secondary N) is 1. The first-order valence-corrected chi connectivity index (χ1v) is 6.40. The van der Waals surface area contributed by atoms with Crippen LogP contribution >= 0.6 is 0 Å². The van der Waals surface area contributed by atoms with Gasteiger partial charge in [0.05, 0.1) is 6.04 Å². The first-order chi connectivity index (χ1) is 7.95. The lowest BCUT2D eigenvalue weighted by molar-refractivity contribution is -0.122. The van der Waals surface area contributed by atoms with E-state index >= 15 is 0 Å². The van der Waals surface area contributed by atoms with Gasteiger partial charge in [0.25, 0.3) is 0 Å². The molecule has 0 aromatic carbocycles. The average Bonchev–Trinajstić information content (AvgIpc) is 2.26. The van der Waals surface area contributed by atoms with Gasteiger partial charge in [0.15, 0.2) is 0 Å². The maximum absolute atomic E-state index is 11.7. The highest BCUT2D eigenvalue weighted by molar-refractivity contribution is 5.76. The van der Waals surface area contributed by atoms with E-state index in [0.717, 1.165) is 25.7 Å². The van der Waals surface area contributed by atoms with Gasteiger partial charge in [0, 0.05) is 6.42 Å². The van der Waals surface area contributed by atoms with E-state index in [1.807, 2.05) is 0 Å². The second kappa shape index (κ2) is 8.14. The monoisotopic (exact) mass is 238 g/mol. The molecule has 0 aliphatic heterocycles. The zero-order valence-electron chi connectivity index (χ0n) is 11.4. The lowest BCUT2D eigenvalue weighted by Crippen LogP contribution is -2.34. The molecule has 0 aliphatic rings. The van der Waals surface area contributed by atoms with E-state index in [1.165, 1.54) is 0 Å². The lowest BCUT2D eigenvalue weighted by atomic mass is 9.84. The Kier molecular flexibility index (Phi) is 7.65. The van der Waals surface area contributed by atoms with Crippen LogP contribution < -0.4 is 11.1 Å². The fraction of sp³-hybridized carbons (Fsp3) is 0.786. The molecule has 0 heterocycles. The quantitative estimate of drug-likeness (QED) is 0.636. The smallest absolute Gasteiger partial charge is 0.220 e. The fourth-order valence-electron chi connectivity index (χ4n) is 1.72. The molecule has 0 radical (unpaired) electrons. The van der Waals surface area contributed by atoms with Gasteiger partial charge in [0.1, 0.15) is 0 Å². The number of terminal acetylenes is 1. The van der Waals surface area contributed by atoms with Gasteiger partial charge in [0.2, 0.25) is 5.91 Å². The summed E-state index contributed by atoms with van der Waals surface area (Å²) in [6.07, 6.45) is 9.48. The molecule has 0 saturated heterocycles. The second-order valence-electron chi connectivity index (χ2n) is 5.28. The highest BCUT2D eigenvalue weighted by atomic mass is 16.1. The largest absolute Gasteiger partial charge is 0.342 e. The Morgan fingerprint density at radius 3 is 2.59 bits per heavy atom. The summed E-state index contributed by atoms with van der Waals surface area (Å²) < 4.78 is 0. The predicted octanol–water partition coefficient (Wildman–Crippen LogP) is 2.06. The van der Waals surface area contributed by atoms with E-state index in [-0.39, 0.29) is 17.4 Å². The van der Waals surface area contributed by atoms with Crippen LogP contribution in [0.5, 0.6) is 0 Å². The number of hydrogen-bond donors (Lipinski definition) is 2. The lowest BCUT2D eigenvalue weighted by Gasteiger charge is -2.23. The van der Waals surface area contributed by atoms with Gasteiger partial charge in [-0.25, -0.2) is 0 Å². The fourth-order valence-corrected chi connectivity index (χ4v) is 1.72. The first kappa shape index (κ1) is 16.0. The van der Waals surface area contributed by atoms with Crippen LogP contribution in [0.3, 0.4) is 0 Å². The van der Waals surface area contributed by atoms with Crippen LogP contribution in [0, 0.1) is 17.8 Å². The van der Waals surface area contributed by atoms with Gasteiger partial charge >= 0.3 is 0 Å². The van der Waals surface area contributed by atoms with Crippen molar-refractivity contribution in [1.29, 1.82) is 0 Å². The molecule has 3 N–H and O–H groups in total. The predicted molar refractivity (Wildman–Crippen MR) is 72.4 cm³/mol. The Bertz CT molecular complexity index is 266. The molecule has 0 fully saturated rings. The molecule has 1 amide bonds. The molecule has 3 nitrogen and oxygen atoms in total. The van der Waals surface area contributed by atoms with E-state index in [9.17, 15) is 4.79 Å². The third-order valence-corrected chi connectivity index (χ3v) is 2.96. The zero-order valence-corrected chi connectivity index (χ0v) is 11.4. The van der Waals surface area contributed by atoms with Crippen LogP contribution in [0.15, 0.2) is 0 Å². The number of carbonyl (C=O) groups excluding carboxylic acids is 1. The van der Waals surface area contributed by atoms with Crippen LogP contribution in [-0.4, -0.2) is 18.5 Å². The van der Waals surface area contributed by atoms with Crippen LogP contribution in [0.1, 0.15) is 52.9 Å². The molecule has 0 rings (SSSR count). The Hall–Kier alpha value is -1.01. The third kappa shape index (κ3) is 7.82. The molecule has 3 heteroatoms. The Morgan fingerprint density at radius 2 is 2.12 bits per heavy atom. The third-order valence-electron chi connectivity index (χ3n) is 2.96. The normalized spacial score (nSPS) is 12.9. The highest BCUT2D eigenvalue weighted by Crippen LogP contribution is 2.25. The van der Waals surface area contributed by atoms with Gasteiger partial charge in [-0.1, -0.05) is 33.1 Å². The number of amides is 1. The number of hydrogen-bond acceptors (Lipinski definition) is 2. The first-order valence-electron chi connectivity index (χ1n) is 6.40.